The van der Waals surface area contributed by atoms with E-state index in [2.05, 4.69) is 82.4 Å². The first kappa shape index (κ1) is 20.6. The Bertz CT molecular complexity index is 724. The van der Waals surface area contributed by atoms with Crippen LogP contribution in [0.4, 0.5) is 0 Å². The van der Waals surface area contributed by atoms with Crippen LogP contribution in [0.25, 0.3) is 0 Å². The topological polar surface area (TPSA) is 29.1 Å². The van der Waals surface area contributed by atoms with Gasteiger partial charge in [0, 0.05) is 5.75 Å². The van der Waals surface area contributed by atoms with Crippen molar-refractivity contribution in [3.05, 3.63) is 70.3 Å². The number of benzene rings is 2. The van der Waals surface area contributed by atoms with E-state index >= 15 is 0 Å². The Morgan fingerprint density at radius 1 is 1.04 bits per heavy atom. The lowest BCUT2D eigenvalue weighted by Crippen LogP contribution is -2.28. The molecule has 0 unspecified atom stereocenters. The number of nitrogens with one attached hydrogen (secondary N) is 1. The van der Waals surface area contributed by atoms with Crippen LogP contribution in [0.5, 0.6) is 0 Å². The number of rotatable bonds is 6. The molecule has 0 bridgehead atoms. The third kappa shape index (κ3) is 6.21. The van der Waals surface area contributed by atoms with Gasteiger partial charge < -0.3 is 5.32 Å². The van der Waals surface area contributed by atoms with E-state index in [9.17, 15) is 4.79 Å². The molecule has 0 radical (unpaired) electrons. The Kier molecular flexibility index (Phi) is 6.94. The molecule has 2 aromatic carbocycles. The first-order chi connectivity index (χ1) is 12.1. The Morgan fingerprint density at radius 3 is 2.15 bits per heavy atom. The molecule has 1 atom stereocenters. The van der Waals surface area contributed by atoms with E-state index in [1.165, 1.54) is 22.3 Å². The number of carbonyl (C=O) groups is 1. The Labute approximate surface area is 162 Å². The number of amides is 1. The molecule has 3 heteroatoms. The van der Waals surface area contributed by atoms with Gasteiger partial charge in [0.25, 0.3) is 0 Å². The smallest absolute Gasteiger partial charge is 0.230 e. The van der Waals surface area contributed by atoms with Crippen molar-refractivity contribution >= 4 is 17.7 Å². The summed E-state index contributed by atoms with van der Waals surface area (Å²) in [4.78, 5) is 12.2. The molecule has 0 aromatic heterocycles. The summed E-state index contributed by atoms with van der Waals surface area (Å²) < 4.78 is 0. The summed E-state index contributed by atoms with van der Waals surface area (Å²) in [5.41, 5.74) is 6.44. The number of carbonyl (C=O) groups excluding carboxylic acids is 1. The van der Waals surface area contributed by atoms with Gasteiger partial charge in [-0.3, -0.25) is 4.79 Å². The second-order valence-electron chi connectivity index (χ2n) is 8.15. The highest BCUT2D eigenvalue weighted by atomic mass is 32.2. The van der Waals surface area contributed by atoms with Crippen molar-refractivity contribution < 1.29 is 4.79 Å². The predicted octanol–water partition coefficient (Wildman–Crippen LogP) is 5.71. The standard InChI is InChI=1S/C23H31NOS/c1-16-11-17(2)13-19(12-16)14-26-15-22(25)24-18(3)20-7-9-21(10-8-20)23(4,5)6/h7-13,18H,14-15H2,1-6H3,(H,24,25)/t18-/m0/s1. The van der Waals surface area contributed by atoms with Crippen molar-refractivity contribution in [1.82, 2.24) is 5.32 Å². The molecular formula is C23H31NOS. The van der Waals surface area contributed by atoms with Crippen LogP contribution in [0.1, 0.15) is 61.6 Å². The van der Waals surface area contributed by atoms with Gasteiger partial charge in [-0.25, -0.2) is 0 Å². The van der Waals surface area contributed by atoms with Gasteiger partial charge in [-0.05, 0) is 42.9 Å². The number of aryl methyl sites for hydroxylation is 2. The molecule has 0 spiro atoms. The van der Waals surface area contributed by atoms with Crippen molar-refractivity contribution in [3.63, 3.8) is 0 Å². The van der Waals surface area contributed by atoms with Crippen LogP contribution in [-0.4, -0.2) is 11.7 Å². The van der Waals surface area contributed by atoms with Crippen molar-refractivity contribution in [1.29, 1.82) is 0 Å². The van der Waals surface area contributed by atoms with E-state index in [-0.39, 0.29) is 17.4 Å². The molecule has 0 saturated heterocycles. The van der Waals surface area contributed by atoms with Gasteiger partial charge in [-0.1, -0.05) is 74.4 Å². The van der Waals surface area contributed by atoms with Gasteiger partial charge in [0.2, 0.25) is 5.91 Å². The normalized spacial score (nSPS) is 12.7. The van der Waals surface area contributed by atoms with E-state index in [4.69, 9.17) is 0 Å². The van der Waals surface area contributed by atoms with Gasteiger partial charge in [-0.15, -0.1) is 11.8 Å². The zero-order chi connectivity index (χ0) is 19.3. The van der Waals surface area contributed by atoms with E-state index in [0.717, 1.165) is 11.3 Å². The Morgan fingerprint density at radius 2 is 1.62 bits per heavy atom. The van der Waals surface area contributed by atoms with Gasteiger partial charge in [0.15, 0.2) is 0 Å². The lowest BCUT2D eigenvalue weighted by atomic mass is 9.86. The van der Waals surface area contributed by atoms with Crippen molar-refractivity contribution in [2.24, 2.45) is 0 Å². The quantitative estimate of drug-likeness (QED) is 0.706. The molecule has 0 aliphatic heterocycles. The fourth-order valence-electron chi connectivity index (χ4n) is 3.05. The third-order valence-corrected chi connectivity index (χ3v) is 5.44. The molecule has 0 aliphatic carbocycles. The minimum atomic E-state index is 0.0262. The van der Waals surface area contributed by atoms with Crippen LogP contribution < -0.4 is 5.32 Å². The molecular weight excluding hydrogens is 338 g/mol. The number of hydrogen-bond acceptors (Lipinski definition) is 2. The number of thioether (sulfide) groups is 1. The molecule has 1 N–H and O–H groups in total. The minimum Gasteiger partial charge on any atom is -0.349 e. The summed E-state index contributed by atoms with van der Waals surface area (Å²) in [5, 5.41) is 3.10. The Balaban J connectivity index is 1.83. The summed E-state index contributed by atoms with van der Waals surface area (Å²) in [6.45, 7) is 12.9. The van der Waals surface area contributed by atoms with Crippen molar-refractivity contribution in [2.45, 2.75) is 58.8 Å². The molecule has 26 heavy (non-hydrogen) atoms. The highest BCUT2D eigenvalue weighted by Crippen LogP contribution is 2.24. The maximum atomic E-state index is 12.2. The van der Waals surface area contributed by atoms with Crippen LogP contribution in [0.2, 0.25) is 0 Å². The average molecular weight is 370 g/mol. The van der Waals surface area contributed by atoms with Crippen LogP contribution in [0.15, 0.2) is 42.5 Å². The second-order valence-corrected chi connectivity index (χ2v) is 9.14. The van der Waals surface area contributed by atoms with Crippen LogP contribution in [-0.2, 0) is 16.0 Å². The molecule has 0 fully saturated rings. The van der Waals surface area contributed by atoms with Gasteiger partial charge in [0.05, 0.1) is 11.8 Å². The van der Waals surface area contributed by atoms with Crippen molar-refractivity contribution in [3.8, 4) is 0 Å². The molecule has 2 nitrogen and oxygen atoms in total. The zero-order valence-electron chi connectivity index (χ0n) is 16.8. The van der Waals surface area contributed by atoms with Crippen LogP contribution in [0.3, 0.4) is 0 Å². The van der Waals surface area contributed by atoms with E-state index in [0.29, 0.717) is 5.75 Å². The first-order valence-electron chi connectivity index (χ1n) is 9.20. The van der Waals surface area contributed by atoms with Crippen LogP contribution >= 0.6 is 11.8 Å². The maximum absolute atomic E-state index is 12.2. The lowest BCUT2D eigenvalue weighted by molar-refractivity contribution is -0.119. The highest BCUT2D eigenvalue weighted by molar-refractivity contribution is 7.99. The third-order valence-electron chi connectivity index (χ3n) is 4.44. The lowest BCUT2D eigenvalue weighted by Gasteiger charge is -2.20. The molecule has 0 aliphatic rings. The first-order valence-corrected chi connectivity index (χ1v) is 10.4. The fraction of sp³-hybridized carbons (Fsp3) is 0.435. The summed E-state index contributed by atoms with van der Waals surface area (Å²) >= 11 is 1.66. The molecule has 0 saturated carbocycles. The Hall–Kier alpha value is -1.74. The number of hydrogen-bond donors (Lipinski definition) is 1. The zero-order valence-corrected chi connectivity index (χ0v) is 17.7. The molecule has 1 amide bonds. The van der Waals surface area contributed by atoms with Gasteiger partial charge >= 0.3 is 0 Å². The SMILES string of the molecule is Cc1cc(C)cc(CSCC(=O)N[C@@H](C)c2ccc(C(C)(C)C)cc2)c1. The maximum Gasteiger partial charge on any atom is 0.230 e. The molecule has 140 valence electrons. The van der Waals surface area contributed by atoms with Gasteiger partial charge in [-0.2, -0.15) is 0 Å². The van der Waals surface area contributed by atoms with E-state index in [1.54, 1.807) is 11.8 Å². The molecule has 2 aromatic rings. The summed E-state index contributed by atoms with van der Waals surface area (Å²) in [7, 11) is 0. The minimum absolute atomic E-state index is 0.0262. The molecule has 0 heterocycles. The summed E-state index contributed by atoms with van der Waals surface area (Å²) in [5.74, 6) is 1.44. The monoisotopic (exact) mass is 369 g/mol. The fourth-order valence-corrected chi connectivity index (χ4v) is 3.83. The summed E-state index contributed by atoms with van der Waals surface area (Å²) in [6.07, 6.45) is 0. The largest absolute Gasteiger partial charge is 0.349 e. The van der Waals surface area contributed by atoms with E-state index in [1.807, 2.05) is 6.92 Å². The highest BCUT2D eigenvalue weighted by Gasteiger charge is 2.15. The predicted molar refractivity (Wildman–Crippen MR) is 114 cm³/mol. The van der Waals surface area contributed by atoms with Crippen LogP contribution in [0, 0.1) is 13.8 Å². The van der Waals surface area contributed by atoms with Crippen molar-refractivity contribution in [2.75, 3.05) is 5.75 Å². The van der Waals surface area contributed by atoms with E-state index < -0.39 is 0 Å². The average Bonchev–Trinajstić information content (AvgIpc) is 2.53. The molecule has 2 rings (SSSR count). The second kappa shape index (κ2) is 8.77. The van der Waals surface area contributed by atoms with Gasteiger partial charge in [0.1, 0.15) is 0 Å². The summed E-state index contributed by atoms with van der Waals surface area (Å²) in [6, 6.07) is 15.1.